The molecule has 0 atom stereocenters. The van der Waals surface area contributed by atoms with Crippen LogP contribution in [-0.4, -0.2) is 123 Å². The first-order valence-electron chi connectivity index (χ1n) is 17.9. The minimum Gasteiger partial charge on any atom is -0.351 e. The average Bonchev–Trinajstić information content (AvgIpc) is 3.47. The van der Waals surface area contributed by atoms with Crippen LogP contribution in [0.3, 0.4) is 0 Å². The van der Waals surface area contributed by atoms with Crippen molar-refractivity contribution in [1.82, 2.24) is 39.1 Å². The number of imidazole rings is 1. The van der Waals surface area contributed by atoms with Crippen molar-refractivity contribution >= 4 is 40.6 Å². The molecular formula is C35H48F2N10O2. The number of carbonyl (C=O) groups excluding carboxylic acids is 2. The molecule has 4 heterocycles. The SMILES string of the molecule is CN1CCN(C(=O)C2CCC(Nc3ncc4nc(Nc5c(F)cccc5F)n(C5CCC(C(=O)N6CCN(C)CC6)CC5)c4n3)CC2)CC1. The number of benzene rings is 1. The molecule has 1 aromatic carbocycles. The van der Waals surface area contributed by atoms with E-state index in [2.05, 4.69) is 39.5 Å². The lowest BCUT2D eigenvalue weighted by Gasteiger charge is -2.37. The minimum absolute atomic E-state index is 0.0417. The Balaban J connectivity index is 1.07. The highest BCUT2D eigenvalue weighted by atomic mass is 19.1. The Kier molecular flexibility index (Phi) is 9.95. The van der Waals surface area contributed by atoms with Gasteiger partial charge in [0.05, 0.1) is 6.20 Å². The average molecular weight is 679 g/mol. The summed E-state index contributed by atoms with van der Waals surface area (Å²) in [6, 6.07) is 3.81. The zero-order chi connectivity index (χ0) is 34.1. The molecule has 2 aliphatic heterocycles. The molecule has 0 spiro atoms. The van der Waals surface area contributed by atoms with Gasteiger partial charge in [0, 0.05) is 76.3 Å². The molecule has 2 aromatic heterocycles. The second kappa shape index (κ2) is 14.5. The molecule has 7 rings (SSSR count). The molecule has 14 heteroatoms. The summed E-state index contributed by atoms with van der Waals surface area (Å²) >= 11 is 0. The van der Waals surface area contributed by atoms with E-state index in [4.69, 9.17) is 9.97 Å². The normalized spacial score (nSPS) is 25.8. The maximum atomic E-state index is 14.8. The molecular weight excluding hydrogens is 630 g/mol. The standard InChI is InChI=1S/C35H48F2N10O2/c1-43-14-18-45(19-15-43)32(48)23-6-10-25(11-7-23)39-34-38-22-29-31(42-34)47(35(40-29)41-30-27(36)4-3-5-28(30)37)26-12-8-24(9-13-26)33(49)46-20-16-44(2)17-21-46/h3-5,22-26H,6-21H2,1-2H3,(H,40,41)(H,38,39,42). The van der Waals surface area contributed by atoms with Crippen molar-refractivity contribution in [1.29, 1.82) is 0 Å². The molecule has 4 fully saturated rings. The fraction of sp³-hybridized carbons (Fsp3) is 0.629. The van der Waals surface area contributed by atoms with E-state index in [0.717, 1.165) is 90.9 Å². The maximum Gasteiger partial charge on any atom is 0.225 e. The molecule has 3 aromatic rings. The fourth-order valence-electron chi connectivity index (χ4n) is 7.94. The largest absolute Gasteiger partial charge is 0.351 e. The highest BCUT2D eigenvalue weighted by Crippen LogP contribution is 2.38. The molecule has 0 unspecified atom stereocenters. The van der Waals surface area contributed by atoms with Gasteiger partial charge in [0.25, 0.3) is 0 Å². The maximum absolute atomic E-state index is 14.8. The molecule has 2 saturated carbocycles. The van der Waals surface area contributed by atoms with E-state index in [-0.39, 0.29) is 41.4 Å². The number of fused-ring (bicyclic) bond motifs is 1. The molecule has 0 bridgehead atoms. The molecule has 2 N–H and O–H groups in total. The van der Waals surface area contributed by atoms with Gasteiger partial charge < -0.3 is 30.2 Å². The molecule has 2 saturated heterocycles. The van der Waals surface area contributed by atoms with Crippen molar-refractivity contribution in [3.05, 3.63) is 36.0 Å². The number of hydrogen-bond acceptors (Lipinski definition) is 9. The number of rotatable bonds is 7. The Morgan fingerprint density at radius 1 is 0.735 bits per heavy atom. The van der Waals surface area contributed by atoms with E-state index in [1.165, 1.54) is 18.2 Å². The van der Waals surface area contributed by atoms with E-state index in [1.807, 2.05) is 14.4 Å². The summed E-state index contributed by atoms with van der Waals surface area (Å²) in [4.78, 5) is 49.2. The summed E-state index contributed by atoms with van der Waals surface area (Å²) in [5.41, 5.74) is 0.818. The Hall–Kier alpha value is -3.91. The number of likely N-dealkylation sites (N-methyl/N-ethyl adjacent to an activating group) is 2. The van der Waals surface area contributed by atoms with Crippen molar-refractivity contribution in [2.75, 3.05) is 77.1 Å². The van der Waals surface area contributed by atoms with Gasteiger partial charge in [-0.05, 0) is 77.6 Å². The van der Waals surface area contributed by atoms with Gasteiger partial charge in [0.15, 0.2) is 5.65 Å². The number of piperazine rings is 2. The van der Waals surface area contributed by atoms with E-state index < -0.39 is 11.6 Å². The van der Waals surface area contributed by atoms with Crippen molar-refractivity contribution < 1.29 is 18.4 Å². The van der Waals surface area contributed by atoms with E-state index in [0.29, 0.717) is 35.9 Å². The fourth-order valence-corrected chi connectivity index (χ4v) is 7.94. The van der Waals surface area contributed by atoms with Gasteiger partial charge in [-0.25, -0.2) is 18.7 Å². The van der Waals surface area contributed by atoms with Crippen LogP contribution in [0.15, 0.2) is 24.4 Å². The van der Waals surface area contributed by atoms with Crippen LogP contribution in [0.25, 0.3) is 11.2 Å². The highest BCUT2D eigenvalue weighted by molar-refractivity contribution is 5.80. The Morgan fingerprint density at radius 3 is 1.82 bits per heavy atom. The van der Waals surface area contributed by atoms with E-state index in [1.54, 1.807) is 6.20 Å². The van der Waals surface area contributed by atoms with Crippen molar-refractivity contribution in [3.63, 3.8) is 0 Å². The van der Waals surface area contributed by atoms with Gasteiger partial charge in [0.2, 0.25) is 23.7 Å². The molecule has 4 aliphatic rings. The van der Waals surface area contributed by atoms with Crippen LogP contribution in [0, 0.1) is 23.5 Å². The Bertz CT molecular complexity index is 1620. The molecule has 0 radical (unpaired) electrons. The third-order valence-electron chi connectivity index (χ3n) is 11.1. The van der Waals surface area contributed by atoms with Crippen LogP contribution in [0.4, 0.5) is 26.4 Å². The summed E-state index contributed by atoms with van der Waals surface area (Å²) in [6.45, 7) is 6.71. The van der Waals surface area contributed by atoms with Crippen molar-refractivity contribution in [2.24, 2.45) is 11.8 Å². The van der Waals surface area contributed by atoms with Gasteiger partial charge in [-0.1, -0.05) is 6.07 Å². The summed E-state index contributed by atoms with van der Waals surface area (Å²) in [5.74, 6) is -0.156. The number of carbonyl (C=O) groups is 2. The summed E-state index contributed by atoms with van der Waals surface area (Å²) in [7, 11) is 4.17. The summed E-state index contributed by atoms with van der Waals surface area (Å²) in [5, 5.41) is 6.42. The lowest BCUT2D eigenvalue weighted by molar-refractivity contribution is -0.139. The van der Waals surface area contributed by atoms with E-state index in [9.17, 15) is 18.4 Å². The molecule has 264 valence electrons. The van der Waals surface area contributed by atoms with Gasteiger partial charge >= 0.3 is 0 Å². The number of para-hydroxylation sites is 1. The predicted molar refractivity (Wildman–Crippen MR) is 183 cm³/mol. The monoisotopic (exact) mass is 678 g/mol. The Labute approximate surface area is 286 Å². The third-order valence-corrected chi connectivity index (χ3v) is 11.1. The first kappa shape index (κ1) is 33.6. The lowest BCUT2D eigenvalue weighted by Crippen LogP contribution is -2.49. The predicted octanol–water partition coefficient (Wildman–Crippen LogP) is 4.10. The Morgan fingerprint density at radius 2 is 1.27 bits per heavy atom. The number of hydrogen-bond donors (Lipinski definition) is 2. The first-order chi connectivity index (χ1) is 23.7. The summed E-state index contributed by atoms with van der Waals surface area (Å²) < 4.78 is 31.5. The van der Waals surface area contributed by atoms with Crippen LogP contribution in [-0.2, 0) is 9.59 Å². The second-order valence-electron chi connectivity index (χ2n) is 14.4. The number of aromatic nitrogens is 4. The molecule has 2 aliphatic carbocycles. The summed E-state index contributed by atoms with van der Waals surface area (Å²) in [6.07, 6.45) is 7.83. The zero-order valence-electron chi connectivity index (χ0n) is 28.6. The number of amides is 2. The van der Waals surface area contributed by atoms with Crippen LogP contribution >= 0.6 is 0 Å². The topological polar surface area (TPSA) is 115 Å². The minimum atomic E-state index is -0.713. The first-order valence-corrected chi connectivity index (χ1v) is 17.9. The third kappa shape index (κ3) is 7.35. The molecule has 2 amide bonds. The number of halogens is 2. The molecule has 12 nitrogen and oxygen atoms in total. The number of nitrogens with zero attached hydrogens (tertiary/aromatic N) is 8. The van der Waals surface area contributed by atoms with Gasteiger partial charge in [-0.3, -0.25) is 14.2 Å². The lowest BCUT2D eigenvalue weighted by atomic mass is 9.85. The second-order valence-corrected chi connectivity index (χ2v) is 14.4. The van der Waals surface area contributed by atoms with Crippen LogP contribution in [0.2, 0.25) is 0 Å². The number of nitrogens with one attached hydrogen (secondary N) is 2. The van der Waals surface area contributed by atoms with Gasteiger partial charge in [-0.2, -0.15) is 4.98 Å². The molecule has 49 heavy (non-hydrogen) atoms. The van der Waals surface area contributed by atoms with Gasteiger partial charge in [0.1, 0.15) is 22.8 Å². The zero-order valence-corrected chi connectivity index (χ0v) is 28.6. The van der Waals surface area contributed by atoms with E-state index >= 15 is 0 Å². The number of anilines is 3. The van der Waals surface area contributed by atoms with Gasteiger partial charge in [-0.15, -0.1) is 0 Å². The van der Waals surface area contributed by atoms with Crippen molar-refractivity contribution in [3.8, 4) is 0 Å². The van der Waals surface area contributed by atoms with Crippen molar-refractivity contribution in [2.45, 2.75) is 63.5 Å². The smallest absolute Gasteiger partial charge is 0.225 e. The highest BCUT2D eigenvalue weighted by Gasteiger charge is 2.34. The quantitative estimate of drug-likeness (QED) is 0.382. The van der Waals surface area contributed by atoms with Crippen LogP contribution in [0.1, 0.15) is 57.4 Å². The van der Waals surface area contributed by atoms with Crippen LogP contribution in [0.5, 0.6) is 0 Å². The van der Waals surface area contributed by atoms with Crippen LogP contribution < -0.4 is 10.6 Å².